The van der Waals surface area contributed by atoms with Gasteiger partial charge in [-0.1, -0.05) is 0 Å². The van der Waals surface area contributed by atoms with E-state index in [2.05, 4.69) is 0 Å². The number of aliphatic hydroxyl groups is 1. The van der Waals surface area contributed by atoms with Gasteiger partial charge in [0.05, 0.1) is 25.2 Å². The zero-order valence-corrected chi connectivity index (χ0v) is 16.1. The van der Waals surface area contributed by atoms with Gasteiger partial charge in [0, 0.05) is 29.7 Å². The Morgan fingerprint density at radius 3 is 2.44 bits per heavy atom. The van der Waals surface area contributed by atoms with Gasteiger partial charge in [0.25, 0.3) is 0 Å². The number of rotatable bonds is 6. The summed E-state index contributed by atoms with van der Waals surface area (Å²) in [7, 11) is 5.03. The van der Waals surface area contributed by atoms with Crippen LogP contribution in [0.2, 0.25) is 0 Å². The van der Waals surface area contributed by atoms with Crippen LogP contribution in [0.1, 0.15) is 35.4 Å². The number of methoxy groups -OCH3 is 1. The summed E-state index contributed by atoms with van der Waals surface area (Å²) < 4.78 is 47.2. The number of alkyl halides is 3. The molecule has 0 aliphatic rings. The molecule has 5 nitrogen and oxygen atoms in total. The molecule has 0 aliphatic heterocycles. The van der Waals surface area contributed by atoms with Crippen molar-refractivity contribution >= 4 is 16.9 Å². The number of carbonyl (C=O) groups is 1. The molecule has 27 heavy (non-hydrogen) atoms. The number of aromatic nitrogens is 1. The predicted molar refractivity (Wildman–Crippen MR) is 96.6 cm³/mol. The van der Waals surface area contributed by atoms with E-state index in [4.69, 9.17) is 4.74 Å². The van der Waals surface area contributed by atoms with E-state index in [1.807, 2.05) is 19.0 Å². The molecule has 150 valence electrons. The van der Waals surface area contributed by atoms with E-state index >= 15 is 0 Å². The van der Waals surface area contributed by atoms with Crippen LogP contribution < -0.4 is 0 Å². The smallest absolute Gasteiger partial charge is 0.416 e. The van der Waals surface area contributed by atoms with Crippen LogP contribution in [0, 0.1) is 6.92 Å². The second-order valence-corrected chi connectivity index (χ2v) is 6.90. The molecule has 0 saturated carbocycles. The van der Waals surface area contributed by atoms with Gasteiger partial charge in [-0.15, -0.1) is 0 Å². The maximum Gasteiger partial charge on any atom is 0.416 e. The summed E-state index contributed by atoms with van der Waals surface area (Å²) in [5, 5.41) is 10.4. The van der Waals surface area contributed by atoms with Gasteiger partial charge in [-0.05, 0) is 51.2 Å². The Morgan fingerprint density at radius 1 is 1.33 bits per heavy atom. The highest BCUT2D eigenvalue weighted by atomic mass is 19.4. The lowest BCUT2D eigenvalue weighted by Crippen LogP contribution is -2.19. The first-order chi connectivity index (χ1) is 12.5. The first kappa shape index (κ1) is 21.2. The van der Waals surface area contributed by atoms with Gasteiger partial charge >= 0.3 is 12.1 Å². The first-order valence-electron chi connectivity index (χ1n) is 8.59. The van der Waals surface area contributed by atoms with Crippen LogP contribution >= 0.6 is 0 Å². The summed E-state index contributed by atoms with van der Waals surface area (Å²) >= 11 is 0. The molecular formula is C19H25F3N2O3. The van der Waals surface area contributed by atoms with Crippen LogP contribution in [-0.4, -0.2) is 48.3 Å². The minimum atomic E-state index is -4.59. The molecule has 1 N–H and O–H groups in total. The van der Waals surface area contributed by atoms with Crippen LogP contribution in [0.15, 0.2) is 12.1 Å². The van der Waals surface area contributed by atoms with Crippen LogP contribution in [0.3, 0.4) is 0 Å². The molecule has 2 rings (SSSR count). The van der Waals surface area contributed by atoms with Crippen molar-refractivity contribution in [1.82, 2.24) is 9.47 Å². The molecule has 0 radical (unpaired) electrons. The lowest BCUT2D eigenvalue weighted by molar-refractivity contribution is -0.140. The Hall–Kier alpha value is -2.06. The van der Waals surface area contributed by atoms with Gasteiger partial charge in [0.1, 0.15) is 0 Å². The molecule has 1 atom stereocenters. The fourth-order valence-corrected chi connectivity index (χ4v) is 3.23. The fourth-order valence-electron chi connectivity index (χ4n) is 3.23. The Morgan fingerprint density at radius 2 is 1.96 bits per heavy atom. The van der Waals surface area contributed by atoms with E-state index < -0.39 is 23.8 Å². The Labute approximate surface area is 156 Å². The minimum Gasteiger partial charge on any atom is -0.469 e. The maximum atomic E-state index is 13.6. The second-order valence-electron chi connectivity index (χ2n) is 6.90. The van der Waals surface area contributed by atoms with Crippen molar-refractivity contribution in [3.05, 3.63) is 34.5 Å². The van der Waals surface area contributed by atoms with Gasteiger partial charge < -0.3 is 19.3 Å². The van der Waals surface area contributed by atoms with Crippen molar-refractivity contribution in [1.29, 1.82) is 0 Å². The number of likely N-dealkylation sites (N-methyl/N-ethyl adjacent to an activating group) is 1. The van der Waals surface area contributed by atoms with E-state index in [-0.39, 0.29) is 12.0 Å². The predicted octanol–water partition coefficient (Wildman–Crippen LogP) is 3.30. The lowest BCUT2D eigenvalue weighted by Gasteiger charge is -2.17. The minimum absolute atomic E-state index is 0.0432. The number of benzene rings is 1. The number of ether oxygens (including phenoxy) is 1. The average Bonchev–Trinajstić information content (AvgIpc) is 2.82. The molecular weight excluding hydrogens is 361 g/mol. The second kappa shape index (κ2) is 7.90. The highest BCUT2D eigenvalue weighted by Crippen LogP contribution is 2.39. The molecule has 1 unspecified atom stereocenters. The van der Waals surface area contributed by atoms with Crippen molar-refractivity contribution in [2.45, 2.75) is 39.1 Å². The Balaban J connectivity index is 2.79. The zero-order valence-electron chi connectivity index (χ0n) is 16.1. The monoisotopic (exact) mass is 386 g/mol. The van der Waals surface area contributed by atoms with Crippen molar-refractivity contribution in [2.24, 2.45) is 0 Å². The molecule has 0 saturated heterocycles. The van der Waals surface area contributed by atoms with Crippen LogP contribution in [-0.2, 0) is 28.7 Å². The lowest BCUT2D eigenvalue weighted by atomic mass is 9.98. The van der Waals surface area contributed by atoms with Crippen LogP contribution in [0.4, 0.5) is 13.2 Å². The van der Waals surface area contributed by atoms with Crippen molar-refractivity contribution < 1.29 is 27.8 Å². The van der Waals surface area contributed by atoms with Gasteiger partial charge in [0.2, 0.25) is 0 Å². The third-order valence-corrected chi connectivity index (χ3v) is 4.70. The molecule has 0 spiro atoms. The number of esters is 1. The van der Waals surface area contributed by atoms with E-state index in [0.717, 1.165) is 6.07 Å². The zero-order chi connectivity index (χ0) is 20.5. The number of halogens is 3. The molecule has 1 aromatic heterocycles. The maximum absolute atomic E-state index is 13.6. The highest BCUT2D eigenvalue weighted by molar-refractivity contribution is 5.90. The standard InChI is InChI=1S/C19H25F3N2O3/c1-11-13(9-18(26)27-5)15-8-14(12(2)25)16(19(20,21)22)10-17(15)24(11)7-6-23(3)4/h8,10,12,25H,6-7,9H2,1-5H3. The molecule has 1 aromatic carbocycles. The average molecular weight is 386 g/mol. The Kier molecular flexibility index (Phi) is 6.21. The normalized spacial score (nSPS) is 13.4. The topological polar surface area (TPSA) is 54.7 Å². The number of aliphatic hydroxyl groups excluding tert-OH is 1. The summed E-state index contributed by atoms with van der Waals surface area (Å²) in [6.45, 7) is 4.18. The molecule has 0 bridgehead atoms. The van der Waals surface area contributed by atoms with E-state index in [1.54, 1.807) is 11.5 Å². The first-order valence-corrected chi connectivity index (χ1v) is 8.59. The van der Waals surface area contributed by atoms with E-state index in [1.165, 1.54) is 20.1 Å². The molecule has 8 heteroatoms. The summed E-state index contributed by atoms with van der Waals surface area (Å²) in [5.41, 5.74) is 0.661. The Bertz CT molecular complexity index is 839. The molecule has 0 amide bonds. The fraction of sp³-hybridized carbons (Fsp3) is 0.526. The van der Waals surface area contributed by atoms with Crippen molar-refractivity contribution in [3.8, 4) is 0 Å². The molecule has 1 heterocycles. The molecule has 2 aromatic rings. The summed E-state index contributed by atoms with van der Waals surface area (Å²) in [6, 6.07) is 2.42. The number of carbonyl (C=O) groups excluding carboxylic acids is 1. The largest absolute Gasteiger partial charge is 0.469 e. The summed E-state index contributed by atoms with van der Waals surface area (Å²) in [6.07, 6.45) is -5.92. The number of nitrogens with zero attached hydrogens (tertiary/aromatic N) is 2. The number of fused-ring (bicyclic) bond motifs is 1. The number of hydrogen-bond donors (Lipinski definition) is 1. The van der Waals surface area contributed by atoms with Gasteiger partial charge in [-0.25, -0.2) is 0 Å². The number of hydrogen-bond acceptors (Lipinski definition) is 4. The van der Waals surface area contributed by atoms with E-state index in [9.17, 15) is 23.1 Å². The quantitative estimate of drug-likeness (QED) is 0.774. The van der Waals surface area contributed by atoms with E-state index in [0.29, 0.717) is 35.2 Å². The molecule has 0 aliphatic carbocycles. The molecule has 0 fully saturated rings. The SMILES string of the molecule is COC(=O)Cc1c(C)n(CCN(C)C)c2cc(C(F)(F)F)c(C(C)O)cc12. The van der Waals surface area contributed by atoms with Gasteiger partial charge in [-0.2, -0.15) is 13.2 Å². The van der Waals surface area contributed by atoms with Crippen molar-refractivity contribution in [3.63, 3.8) is 0 Å². The summed E-state index contributed by atoms with van der Waals surface area (Å²) in [4.78, 5) is 13.8. The van der Waals surface area contributed by atoms with Gasteiger partial charge in [0.15, 0.2) is 0 Å². The van der Waals surface area contributed by atoms with Gasteiger partial charge in [-0.3, -0.25) is 4.79 Å². The van der Waals surface area contributed by atoms with Crippen LogP contribution in [0.25, 0.3) is 10.9 Å². The third kappa shape index (κ3) is 4.44. The third-order valence-electron chi connectivity index (χ3n) is 4.70. The summed E-state index contributed by atoms with van der Waals surface area (Å²) in [5.74, 6) is -0.469. The van der Waals surface area contributed by atoms with Crippen molar-refractivity contribution in [2.75, 3.05) is 27.7 Å². The highest BCUT2D eigenvalue weighted by Gasteiger charge is 2.35. The van der Waals surface area contributed by atoms with Crippen LogP contribution in [0.5, 0.6) is 0 Å².